The van der Waals surface area contributed by atoms with Crippen LogP contribution in [0.5, 0.6) is 0 Å². The number of carbonyl (C=O) groups excluding carboxylic acids is 1. The molecule has 3 heteroatoms. The van der Waals surface area contributed by atoms with Gasteiger partial charge in [-0.15, -0.1) is 0 Å². The molecule has 0 atom stereocenters. The predicted molar refractivity (Wildman–Crippen MR) is 76.6 cm³/mol. The number of nitrogens with two attached hydrogens (primary N) is 1. The Morgan fingerprint density at radius 1 is 1.32 bits per heavy atom. The number of fused-ring (bicyclic) bond motifs is 1. The van der Waals surface area contributed by atoms with Crippen LogP contribution >= 0.6 is 0 Å². The van der Waals surface area contributed by atoms with Crippen LogP contribution in [0.4, 0.5) is 5.69 Å². The zero-order valence-corrected chi connectivity index (χ0v) is 11.6. The van der Waals surface area contributed by atoms with Gasteiger partial charge >= 0.3 is 0 Å². The molecule has 0 radical (unpaired) electrons. The van der Waals surface area contributed by atoms with Gasteiger partial charge in [-0.25, -0.2) is 0 Å². The summed E-state index contributed by atoms with van der Waals surface area (Å²) in [5.41, 5.74) is 9.23. The normalized spacial score (nSPS) is 21.2. The molecule has 1 heterocycles. The van der Waals surface area contributed by atoms with Crippen LogP contribution in [0.1, 0.15) is 43.7 Å². The van der Waals surface area contributed by atoms with E-state index in [2.05, 4.69) is 13.0 Å². The number of amides is 1. The standard InChI is InChI=1S/C16H22N2O/c1-16(8-2-3-9-16)15(19)18-10-7-13-12(11-18)5-4-6-14(13)17/h4-6H,2-3,7-11,17H2,1H3. The molecule has 3 nitrogen and oxygen atoms in total. The van der Waals surface area contributed by atoms with Gasteiger partial charge in [0.05, 0.1) is 0 Å². The van der Waals surface area contributed by atoms with Crippen LogP contribution in [-0.2, 0) is 17.8 Å². The van der Waals surface area contributed by atoms with Crippen LogP contribution < -0.4 is 5.73 Å². The first-order chi connectivity index (χ1) is 9.10. The molecular formula is C16H22N2O. The lowest BCUT2D eigenvalue weighted by Gasteiger charge is -2.35. The highest BCUT2D eigenvalue weighted by molar-refractivity contribution is 5.83. The highest BCUT2D eigenvalue weighted by Gasteiger charge is 2.39. The molecule has 0 spiro atoms. The van der Waals surface area contributed by atoms with Crippen molar-refractivity contribution in [3.05, 3.63) is 29.3 Å². The third-order valence-corrected chi connectivity index (χ3v) is 4.81. The molecule has 1 aromatic rings. The third-order valence-electron chi connectivity index (χ3n) is 4.81. The van der Waals surface area contributed by atoms with Crippen molar-refractivity contribution in [2.45, 2.75) is 45.6 Å². The van der Waals surface area contributed by atoms with E-state index >= 15 is 0 Å². The Balaban J connectivity index is 1.80. The quantitative estimate of drug-likeness (QED) is 0.787. The SMILES string of the molecule is CC1(C(=O)N2CCc3c(N)cccc3C2)CCCC1. The molecule has 0 saturated heterocycles. The lowest BCUT2D eigenvalue weighted by atomic mass is 9.86. The molecule has 3 rings (SSSR count). The first-order valence-corrected chi connectivity index (χ1v) is 7.26. The predicted octanol–water partition coefficient (Wildman–Crippen LogP) is 2.73. The largest absolute Gasteiger partial charge is 0.398 e. The van der Waals surface area contributed by atoms with Gasteiger partial charge in [-0.1, -0.05) is 31.9 Å². The number of hydrogen-bond donors (Lipinski definition) is 1. The highest BCUT2D eigenvalue weighted by Crippen LogP contribution is 2.40. The van der Waals surface area contributed by atoms with E-state index in [1.54, 1.807) is 0 Å². The molecule has 1 amide bonds. The van der Waals surface area contributed by atoms with Gasteiger partial charge in [0.1, 0.15) is 0 Å². The van der Waals surface area contributed by atoms with Gasteiger partial charge in [0.15, 0.2) is 0 Å². The highest BCUT2D eigenvalue weighted by atomic mass is 16.2. The fraction of sp³-hybridized carbons (Fsp3) is 0.562. The maximum atomic E-state index is 12.7. The Labute approximate surface area is 114 Å². The molecule has 2 N–H and O–H groups in total. The number of nitrogen functional groups attached to an aromatic ring is 1. The van der Waals surface area contributed by atoms with Crippen LogP contribution in [0.2, 0.25) is 0 Å². The lowest BCUT2D eigenvalue weighted by molar-refractivity contribution is -0.142. The average Bonchev–Trinajstić information content (AvgIpc) is 2.86. The summed E-state index contributed by atoms with van der Waals surface area (Å²) >= 11 is 0. The minimum absolute atomic E-state index is 0.113. The molecule has 1 aliphatic heterocycles. The van der Waals surface area contributed by atoms with E-state index in [9.17, 15) is 4.79 Å². The fourth-order valence-corrected chi connectivity index (χ4v) is 3.56. The van der Waals surface area contributed by atoms with E-state index in [0.717, 1.165) is 38.0 Å². The second-order valence-corrected chi connectivity index (χ2v) is 6.23. The lowest BCUT2D eigenvalue weighted by Crippen LogP contribution is -2.43. The molecule has 2 aliphatic rings. The van der Waals surface area contributed by atoms with Crippen LogP contribution in [0.25, 0.3) is 0 Å². The minimum atomic E-state index is -0.113. The molecule has 0 bridgehead atoms. The number of hydrogen-bond acceptors (Lipinski definition) is 2. The number of carbonyl (C=O) groups is 1. The van der Waals surface area contributed by atoms with E-state index in [-0.39, 0.29) is 5.41 Å². The van der Waals surface area contributed by atoms with Crippen molar-refractivity contribution >= 4 is 11.6 Å². The Bertz CT molecular complexity index is 503. The van der Waals surface area contributed by atoms with Gasteiger partial charge in [-0.2, -0.15) is 0 Å². The zero-order chi connectivity index (χ0) is 13.5. The summed E-state index contributed by atoms with van der Waals surface area (Å²) in [6.45, 7) is 3.68. The molecule has 0 aromatic heterocycles. The first-order valence-electron chi connectivity index (χ1n) is 7.26. The number of rotatable bonds is 1. The third kappa shape index (κ3) is 2.11. The maximum Gasteiger partial charge on any atom is 0.228 e. The number of nitrogens with zero attached hydrogens (tertiary/aromatic N) is 1. The van der Waals surface area contributed by atoms with Crippen molar-refractivity contribution in [1.29, 1.82) is 0 Å². The van der Waals surface area contributed by atoms with E-state index < -0.39 is 0 Å². The molecule has 0 unspecified atom stereocenters. The van der Waals surface area contributed by atoms with Crippen LogP contribution in [-0.4, -0.2) is 17.4 Å². The van der Waals surface area contributed by atoms with Crippen molar-refractivity contribution in [1.82, 2.24) is 4.90 Å². The van der Waals surface area contributed by atoms with Crippen molar-refractivity contribution in [3.8, 4) is 0 Å². The molecule has 1 saturated carbocycles. The number of benzene rings is 1. The maximum absolute atomic E-state index is 12.7. The van der Waals surface area contributed by atoms with Crippen LogP contribution in [0.15, 0.2) is 18.2 Å². The van der Waals surface area contributed by atoms with Crippen molar-refractivity contribution < 1.29 is 4.79 Å². The van der Waals surface area contributed by atoms with E-state index in [0.29, 0.717) is 5.91 Å². The molecule has 1 aromatic carbocycles. The van der Waals surface area contributed by atoms with E-state index in [1.807, 2.05) is 17.0 Å². The van der Waals surface area contributed by atoms with Gasteiger partial charge in [0.2, 0.25) is 5.91 Å². The van der Waals surface area contributed by atoms with Gasteiger partial charge in [-0.3, -0.25) is 4.79 Å². The van der Waals surface area contributed by atoms with Crippen molar-refractivity contribution in [2.24, 2.45) is 5.41 Å². The van der Waals surface area contributed by atoms with Gasteiger partial charge in [0, 0.05) is 24.2 Å². The van der Waals surface area contributed by atoms with Crippen LogP contribution in [0, 0.1) is 5.41 Å². The summed E-state index contributed by atoms with van der Waals surface area (Å²) in [6.07, 6.45) is 5.38. The Hall–Kier alpha value is -1.51. The summed E-state index contributed by atoms with van der Waals surface area (Å²) in [4.78, 5) is 14.7. The Morgan fingerprint density at radius 2 is 2.05 bits per heavy atom. The van der Waals surface area contributed by atoms with E-state index in [4.69, 9.17) is 5.73 Å². The second-order valence-electron chi connectivity index (χ2n) is 6.23. The molecular weight excluding hydrogens is 236 g/mol. The fourth-order valence-electron chi connectivity index (χ4n) is 3.56. The first kappa shape index (κ1) is 12.5. The van der Waals surface area contributed by atoms with Gasteiger partial charge < -0.3 is 10.6 Å². The molecule has 19 heavy (non-hydrogen) atoms. The molecule has 102 valence electrons. The summed E-state index contributed by atoms with van der Waals surface area (Å²) in [5, 5.41) is 0. The van der Waals surface area contributed by atoms with Gasteiger partial charge in [-0.05, 0) is 36.5 Å². The molecule has 1 fully saturated rings. The van der Waals surface area contributed by atoms with Gasteiger partial charge in [0.25, 0.3) is 0 Å². The van der Waals surface area contributed by atoms with Crippen LogP contribution in [0.3, 0.4) is 0 Å². The summed E-state index contributed by atoms with van der Waals surface area (Å²) in [6, 6.07) is 6.04. The number of anilines is 1. The van der Waals surface area contributed by atoms with Crippen molar-refractivity contribution in [3.63, 3.8) is 0 Å². The Morgan fingerprint density at radius 3 is 2.79 bits per heavy atom. The summed E-state index contributed by atoms with van der Waals surface area (Å²) < 4.78 is 0. The zero-order valence-electron chi connectivity index (χ0n) is 11.6. The average molecular weight is 258 g/mol. The van der Waals surface area contributed by atoms with Crippen molar-refractivity contribution in [2.75, 3.05) is 12.3 Å². The van der Waals surface area contributed by atoms with E-state index in [1.165, 1.54) is 24.0 Å². The minimum Gasteiger partial charge on any atom is -0.398 e. The smallest absolute Gasteiger partial charge is 0.228 e. The summed E-state index contributed by atoms with van der Waals surface area (Å²) in [5.74, 6) is 0.345. The topological polar surface area (TPSA) is 46.3 Å². The Kier molecular flexibility index (Phi) is 3.00. The summed E-state index contributed by atoms with van der Waals surface area (Å²) in [7, 11) is 0. The second kappa shape index (κ2) is 4.55. The molecule has 1 aliphatic carbocycles. The monoisotopic (exact) mass is 258 g/mol.